The van der Waals surface area contributed by atoms with Crippen molar-refractivity contribution in [1.29, 1.82) is 5.26 Å². The molecule has 8 heteroatoms. The number of nitrogens with zero attached hydrogens (tertiary/aromatic N) is 2. The molecule has 146 valence electrons. The van der Waals surface area contributed by atoms with Gasteiger partial charge >= 0.3 is 6.18 Å². The molecule has 2 aromatic rings. The van der Waals surface area contributed by atoms with Crippen LogP contribution < -0.4 is 4.74 Å². The molecule has 1 unspecified atom stereocenters. The van der Waals surface area contributed by atoms with Gasteiger partial charge in [-0.05, 0) is 36.4 Å². The normalized spacial score (nSPS) is 17.1. The van der Waals surface area contributed by atoms with Crippen LogP contribution in [0.15, 0.2) is 48.5 Å². The van der Waals surface area contributed by atoms with Crippen LogP contribution in [0.2, 0.25) is 0 Å². The third kappa shape index (κ3) is 4.81. The van der Waals surface area contributed by atoms with Crippen LogP contribution in [0.5, 0.6) is 5.75 Å². The van der Waals surface area contributed by atoms with Crippen LogP contribution in [0.3, 0.4) is 0 Å². The molecule has 0 radical (unpaired) electrons. The number of halogens is 3. The number of carbonyl (C=O) groups is 1. The maximum Gasteiger partial charge on any atom is 0.416 e. The summed E-state index contributed by atoms with van der Waals surface area (Å²) in [5, 5.41) is 8.96. The van der Waals surface area contributed by atoms with Gasteiger partial charge in [-0.3, -0.25) is 4.79 Å². The van der Waals surface area contributed by atoms with Gasteiger partial charge < -0.3 is 14.4 Å². The number of carbonyl (C=O) groups excluding carboxylic acids is 1. The maximum atomic E-state index is 12.8. The van der Waals surface area contributed by atoms with E-state index in [1.165, 1.54) is 18.2 Å². The number of ether oxygens (including phenoxy) is 2. The average Bonchev–Trinajstić information content (AvgIpc) is 2.71. The molecule has 3 rings (SSSR count). The third-order valence-corrected chi connectivity index (χ3v) is 4.26. The van der Waals surface area contributed by atoms with E-state index in [4.69, 9.17) is 14.7 Å². The number of morpholine rings is 1. The van der Waals surface area contributed by atoms with Gasteiger partial charge in [0.2, 0.25) is 0 Å². The van der Waals surface area contributed by atoms with E-state index >= 15 is 0 Å². The summed E-state index contributed by atoms with van der Waals surface area (Å²) in [6.45, 7) is 0.938. The Balaban J connectivity index is 1.61. The molecular formula is C20H17F3N2O3. The molecule has 28 heavy (non-hydrogen) atoms. The van der Waals surface area contributed by atoms with Crippen molar-refractivity contribution in [3.63, 3.8) is 0 Å². The Morgan fingerprint density at radius 2 is 2.04 bits per heavy atom. The molecule has 2 aromatic carbocycles. The molecular weight excluding hydrogens is 373 g/mol. The van der Waals surface area contributed by atoms with Crippen molar-refractivity contribution in [3.05, 3.63) is 65.2 Å². The van der Waals surface area contributed by atoms with Gasteiger partial charge in [0.1, 0.15) is 18.5 Å². The Hall–Kier alpha value is -3.05. The van der Waals surface area contributed by atoms with Crippen LogP contribution in [0.1, 0.15) is 21.5 Å². The highest BCUT2D eigenvalue weighted by atomic mass is 19.4. The summed E-state index contributed by atoms with van der Waals surface area (Å²) in [4.78, 5) is 14.2. The van der Waals surface area contributed by atoms with Crippen molar-refractivity contribution < 1.29 is 27.4 Å². The van der Waals surface area contributed by atoms with Gasteiger partial charge in [0.25, 0.3) is 5.91 Å². The highest BCUT2D eigenvalue weighted by Crippen LogP contribution is 2.31. The number of rotatable bonds is 4. The lowest BCUT2D eigenvalue weighted by Crippen LogP contribution is -2.47. The molecule has 0 aliphatic carbocycles. The second-order valence-corrected chi connectivity index (χ2v) is 6.27. The quantitative estimate of drug-likeness (QED) is 0.802. The Morgan fingerprint density at radius 1 is 1.25 bits per heavy atom. The molecule has 0 bridgehead atoms. The van der Waals surface area contributed by atoms with Crippen LogP contribution in [0.4, 0.5) is 13.2 Å². The summed E-state index contributed by atoms with van der Waals surface area (Å²) in [5.41, 5.74) is 0.00535. The molecule has 0 saturated carbocycles. The number of alkyl halides is 3. The van der Waals surface area contributed by atoms with Gasteiger partial charge in [-0.25, -0.2) is 0 Å². The minimum absolute atomic E-state index is 0.0172. The number of amides is 1. The largest absolute Gasteiger partial charge is 0.491 e. The average molecular weight is 390 g/mol. The van der Waals surface area contributed by atoms with Crippen LogP contribution >= 0.6 is 0 Å². The minimum atomic E-state index is -4.44. The SMILES string of the molecule is N#Cc1cccc(C(=O)N2CCOC(COc3cccc(C(F)(F)F)c3)C2)c1. The molecule has 1 amide bonds. The van der Waals surface area contributed by atoms with Gasteiger partial charge in [0.05, 0.1) is 30.3 Å². The smallest absolute Gasteiger partial charge is 0.416 e. The van der Waals surface area contributed by atoms with Crippen molar-refractivity contribution in [2.24, 2.45) is 0 Å². The van der Waals surface area contributed by atoms with Crippen LogP contribution in [-0.4, -0.2) is 43.2 Å². The molecule has 1 atom stereocenters. The molecule has 0 aromatic heterocycles. The number of benzene rings is 2. The first kappa shape index (κ1) is 19.7. The Kier molecular flexibility index (Phi) is 5.85. The standard InChI is InChI=1S/C20H17F3N2O3/c21-20(22,23)16-5-2-6-17(10-16)28-13-18-12-25(7-8-27-18)19(26)15-4-1-3-14(9-15)11-24/h1-6,9-10,18H,7-8,12-13H2. The van der Waals surface area contributed by atoms with E-state index in [1.54, 1.807) is 23.1 Å². The number of hydrogen-bond donors (Lipinski definition) is 0. The van der Waals surface area contributed by atoms with E-state index in [9.17, 15) is 18.0 Å². The Morgan fingerprint density at radius 3 is 2.79 bits per heavy atom. The fraction of sp³-hybridized carbons (Fsp3) is 0.300. The van der Waals surface area contributed by atoms with Crippen LogP contribution in [0.25, 0.3) is 0 Å². The molecule has 1 aliphatic heterocycles. The highest BCUT2D eigenvalue weighted by molar-refractivity contribution is 5.94. The number of nitriles is 1. The predicted molar refractivity (Wildman–Crippen MR) is 93.7 cm³/mol. The van der Waals surface area contributed by atoms with Gasteiger partial charge in [-0.1, -0.05) is 12.1 Å². The summed E-state index contributed by atoms with van der Waals surface area (Å²) in [6.07, 6.45) is -4.91. The lowest BCUT2D eigenvalue weighted by molar-refractivity contribution is -0.137. The summed E-state index contributed by atoms with van der Waals surface area (Å²) in [6, 6.07) is 13.0. The fourth-order valence-electron chi connectivity index (χ4n) is 2.86. The molecule has 5 nitrogen and oxygen atoms in total. The lowest BCUT2D eigenvalue weighted by Gasteiger charge is -2.33. The first-order chi connectivity index (χ1) is 13.4. The molecule has 0 N–H and O–H groups in total. The van der Waals surface area contributed by atoms with Crippen molar-refractivity contribution in [3.8, 4) is 11.8 Å². The summed E-state index contributed by atoms with van der Waals surface area (Å²) in [5.74, 6) is -0.145. The second-order valence-electron chi connectivity index (χ2n) is 6.27. The third-order valence-electron chi connectivity index (χ3n) is 4.26. The topological polar surface area (TPSA) is 62.6 Å². The highest BCUT2D eigenvalue weighted by Gasteiger charge is 2.31. The molecule has 0 spiro atoms. The van der Waals surface area contributed by atoms with Crippen LogP contribution in [-0.2, 0) is 10.9 Å². The Labute approximate surface area is 159 Å². The number of hydrogen-bond acceptors (Lipinski definition) is 4. The van der Waals surface area contributed by atoms with E-state index in [2.05, 4.69) is 0 Å². The maximum absolute atomic E-state index is 12.8. The van der Waals surface area contributed by atoms with Gasteiger partial charge in [0.15, 0.2) is 0 Å². The fourth-order valence-corrected chi connectivity index (χ4v) is 2.86. The molecule has 1 fully saturated rings. The lowest BCUT2D eigenvalue weighted by atomic mass is 10.1. The zero-order chi connectivity index (χ0) is 20.1. The van der Waals surface area contributed by atoms with Crippen molar-refractivity contribution in [2.45, 2.75) is 12.3 Å². The Bertz CT molecular complexity index is 893. The van der Waals surface area contributed by atoms with Gasteiger partial charge in [-0.15, -0.1) is 0 Å². The molecule has 1 aliphatic rings. The van der Waals surface area contributed by atoms with Crippen molar-refractivity contribution >= 4 is 5.91 Å². The summed E-state index contributed by atoms with van der Waals surface area (Å²) < 4.78 is 49.3. The van der Waals surface area contributed by atoms with E-state index in [1.807, 2.05) is 6.07 Å². The van der Waals surface area contributed by atoms with E-state index < -0.39 is 17.8 Å². The monoisotopic (exact) mass is 390 g/mol. The van der Waals surface area contributed by atoms with Gasteiger partial charge in [-0.2, -0.15) is 18.4 Å². The zero-order valence-corrected chi connectivity index (χ0v) is 14.8. The van der Waals surface area contributed by atoms with Crippen LogP contribution in [0, 0.1) is 11.3 Å². The van der Waals surface area contributed by atoms with E-state index in [0.717, 1.165) is 12.1 Å². The second kappa shape index (κ2) is 8.31. The summed E-state index contributed by atoms with van der Waals surface area (Å²) in [7, 11) is 0. The van der Waals surface area contributed by atoms with Gasteiger partial charge in [0, 0.05) is 12.1 Å². The minimum Gasteiger partial charge on any atom is -0.491 e. The van der Waals surface area contributed by atoms with Crippen molar-refractivity contribution in [1.82, 2.24) is 4.90 Å². The zero-order valence-electron chi connectivity index (χ0n) is 14.8. The summed E-state index contributed by atoms with van der Waals surface area (Å²) >= 11 is 0. The molecule has 1 saturated heterocycles. The van der Waals surface area contributed by atoms with Crippen molar-refractivity contribution in [2.75, 3.05) is 26.3 Å². The first-order valence-electron chi connectivity index (χ1n) is 8.58. The van der Waals surface area contributed by atoms with E-state index in [0.29, 0.717) is 24.3 Å². The first-order valence-corrected chi connectivity index (χ1v) is 8.58. The molecule has 1 heterocycles. The van der Waals surface area contributed by atoms with E-state index in [-0.39, 0.29) is 24.8 Å². The predicted octanol–water partition coefficient (Wildman–Crippen LogP) is 3.50.